The molecule has 2 heterocycles. The average Bonchev–Trinajstić information content (AvgIpc) is 3.18. The molecule has 12 heteroatoms. The molecule has 3 aromatic rings. The highest BCUT2D eigenvalue weighted by molar-refractivity contribution is 6.42. The summed E-state index contributed by atoms with van der Waals surface area (Å²) in [7, 11) is 0. The van der Waals surface area contributed by atoms with E-state index in [0.29, 0.717) is 16.6 Å². The summed E-state index contributed by atoms with van der Waals surface area (Å²) in [5.41, 5.74) is 0.852. The number of benzene rings is 1. The van der Waals surface area contributed by atoms with Gasteiger partial charge in [0.05, 0.1) is 34.0 Å². The van der Waals surface area contributed by atoms with Crippen molar-refractivity contribution >= 4 is 52.3 Å². The number of carbonyl (C=O) groups is 1. The lowest BCUT2D eigenvalue weighted by Crippen LogP contribution is -2.19. The SMILES string of the molecule is O=C(Cn1ccc([N+](=O)[O-])n1)Nc1nn(Cc2ccc(Cl)c(Cl)c2)cc1Cl. The Hall–Kier alpha value is -2.62. The highest BCUT2D eigenvalue weighted by Gasteiger charge is 2.16. The van der Waals surface area contributed by atoms with Crippen molar-refractivity contribution in [3.05, 3.63) is 67.4 Å². The third-order valence-corrected chi connectivity index (χ3v) is 4.44. The second kappa shape index (κ2) is 7.95. The highest BCUT2D eigenvalue weighted by atomic mass is 35.5. The van der Waals surface area contributed by atoms with Crippen LogP contribution in [0.5, 0.6) is 0 Å². The number of nitro groups is 1. The molecule has 0 atom stereocenters. The largest absolute Gasteiger partial charge is 0.389 e. The number of carbonyl (C=O) groups excluding carboxylic acids is 1. The zero-order valence-corrected chi connectivity index (χ0v) is 15.7. The van der Waals surface area contributed by atoms with Gasteiger partial charge in [0.2, 0.25) is 5.91 Å². The number of nitrogens with one attached hydrogen (secondary N) is 1. The Morgan fingerprint density at radius 2 is 1.89 bits per heavy atom. The lowest BCUT2D eigenvalue weighted by Gasteiger charge is -2.04. The predicted molar refractivity (Wildman–Crippen MR) is 100 cm³/mol. The number of anilines is 1. The minimum atomic E-state index is -0.643. The molecule has 1 amide bonds. The summed E-state index contributed by atoms with van der Waals surface area (Å²) in [6.45, 7) is 0.154. The van der Waals surface area contributed by atoms with E-state index in [0.717, 1.165) is 10.2 Å². The fourth-order valence-electron chi connectivity index (χ4n) is 2.24. The maximum atomic E-state index is 12.1. The van der Waals surface area contributed by atoms with Crippen LogP contribution in [0.4, 0.5) is 11.6 Å². The monoisotopic (exact) mass is 428 g/mol. The summed E-state index contributed by atoms with van der Waals surface area (Å²) >= 11 is 18.0. The van der Waals surface area contributed by atoms with Crippen LogP contribution in [0.1, 0.15) is 5.56 Å². The zero-order valence-electron chi connectivity index (χ0n) is 13.5. The molecule has 0 spiro atoms. The van der Waals surface area contributed by atoms with Crippen LogP contribution >= 0.6 is 34.8 Å². The third-order valence-electron chi connectivity index (χ3n) is 3.42. The Bertz CT molecular complexity index is 1020. The first-order valence-corrected chi connectivity index (χ1v) is 8.60. The van der Waals surface area contributed by atoms with E-state index in [4.69, 9.17) is 34.8 Å². The van der Waals surface area contributed by atoms with Crippen molar-refractivity contribution in [1.82, 2.24) is 19.6 Å². The summed E-state index contributed by atoms with van der Waals surface area (Å²) in [5, 5.41) is 22.2. The van der Waals surface area contributed by atoms with Crippen molar-refractivity contribution in [2.75, 3.05) is 5.32 Å². The second-order valence-corrected chi connectivity index (χ2v) is 6.67. The zero-order chi connectivity index (χ0) is 19.6. The summed E-state index contributed by atoms with van der Waals surface area (Å²) in [5.74, 6) is -0.648. The molecule has 1 aromatic carbocycles. The van der Waals surface area contributed by atoms with E-state index < -0.39 is 10.8 Å². The van der Waals surface area contributed by atoms with Crippen LogP contribution in [0.15, 0.2) is 36.7 Å². The first kappa shape index (κ1) is 19.2. The maximum absolute atomic E-state index is 12.1. The van der Waals surface area contributed by atoms with E-state index >= 15 is 0 Å². The summed E-state index contributed by atoms with van der Waals surface area (Å²) < 4.78 is 2.68. The lowest BCUT2D eigenvalue weighted by atomic mass is 10.2. The van der Waals surface area contributed by atoms with Gasteiger partial charge in [0, 0.05) is 6.20 Å². The molecule has 0 aliphatic heterocycles. The number of amides is 1. The van der Waals surface area contributed by atoms with Gasteiger partial charge in [-0.25, -0.2) is 0 Å². The van der Waals surface area contributed by atoms with Crippen LogP contribution in [-0.4, -0.2) is 30.4 Å². The molecule has 1 N–H and O–H groups in total. The quantitative estimate of drug-likeness (QED) is 0.475. The van der Waals surface area contributed by atoms with Crippen LogP contribution in [0.25, 0.3) is 0 Å². The average molecular weight is 430 g/mol. The molecule has 0 aliphatic rings. The van der Waals surface area contributed by atoms with Crippen molar-refractivity contribution in [3.63, 3.8) is 0 Å². The number of nitrogens with zero attached hydrogens (tertiary/aromatic N) is 5. The lowest BCUT2D eigenvalue weighted by molar-refractivity contribution is -0.389. The first-order chi connectivity index (χ1) is 12.8. The minimum Gasteiger partial charge on any atom is -0.358 e. The van der Waals surface area contributed by atoms with Gasteiger partial charge in [-0.3, -0.25) is 9.48 Å². The second-order valence-electron chi connectivity index (χ2n) is 5.45. The molecule has 0 bridgehead atoms. The topological polar surface area (TPSA) is 108 Å². The summed E-state index contributed by atoms with van der Waals surface area (Å²) in [6, 6.07) is 6.39. The molecular weight excluding hydrogens is 419 g/mol. The van der Waals surface area contributed by atoms with Crippen molar-refractivity contribution < 1.29 is 9.72 Å². The van der Waals surface area contributed by atoms with Crippen molar-refractivity contribution in [2.24, 2.45) is 0 Å². The molecule has 27 heavy (non-hydrogen) atoms. The third kappa shape index (κ3) is 4.76. The van der Waals surface area contributed by atoms with Gasteiger partial charge >= 0.3 is 5.82 Å². The first-order valence-electron chi connectivity index (χ1n) is 7.46. The van der Waals surface area contributed by atoms with Crippen molar-refractivity contribution in [1.29, 1.82) is 0 Å². The van der Waals surface area contributed by atoms with Crippen LogP contribution in [-0.2, 0) is 17.9 Å². The predicted octanol–water partition coefficient (Wildman–Crippen LogP) is 3.64. The van der Waals surface area contributed by atoms with Gasteiger partial charge in [-0.05, 0) is 22.6 Å². The molecule has 9 nitrogen and oxygen atoms in total. The molecule has 140 valence electrons. The Balaban J connectivity index is 1.65. The molecular formula is C15H11Cl3N6O3. The number of rotatable bonds is 6. The van der Waals surface area contributed by atoms with Gasteiger partial charge in [-0.2, -0.15) is 9.78 Å². The van der Waals surface area contributed by atoms with Crippen molar-refractivity contribution in [3.8, 4) is 0 Å². The van der Waals surface area contributed by atoms with Crippen molar-refractivity contribution in [2.45, 2.75) is 13.1 Å². The standard InChI is InChI=1S/C15H11Cl3N6O3/c16-10-2-1-9(5-11(10)17)6-23-7-12(18)15(21-23)19-14(25)8-22-4-3-13(20-22)24(26)27/h1-5,7H,6,8H2,(H,19,21,25). The van der Waals surface area contributed by atoms with Gasteiger partial charge in [0.25, 0.3) is 0 Å². The van der Waals surface area contributed by atoms with Gasteiger partial charge in [-0.1, -0.05) is 40.9 Å². The van der Waals surface area contributed by atoms with Crippen LogP contribution in [0.3, 0.4) is 0 Å². The normalized spacial score (nSPS) is 10.8. The van der Waals surface area contributed by atoms with Gasteiger partial charge in [0.1, 0.15) is 11.6 Å². The molecule has 2 aromatic heterocycles. The van der Waals surface area contributed by atoms with E-state index in [1.807, 2.05) is 0 Å². The molecule has 0 saturated heterocycles. The van der Waals surface area contributed by atoms with Gasteiger partial charge in [0.15, 0.2) is 5.82 Å². The Morgan fingerprint density at radius 3 is 2.56 bits per heavy atom. The van der Waals surface area contributed by atoms with Crippen LogP contribution in [0, 0.1) is 10.1 Å². The van der Waals surface area contributed by atoms with E-state index in [1.165, 1.54) is 16.9 Å². The smallest absolute Gasteiger partial charge is 0.358 e. The summed E-state index contributed by atoms with van der Waals surface area (Å²) in [6.07, 6.45) is 2.89. The Morgan fingerprint density at radius 1 is 1.11 bits per heavy atom. The molecule has 0 saturated carbocycles. The number of aromatic nitrogens is 4. The molecule has 0 aliphatic carbocycles. The highest BCUT2D eigenvalue weighted by Crippen LogP contribution is 2.24. The molecule has 3 rings (SSSR count). The fourth-order valence-corrected chi connectivity index (χ4v) is 2.76. The molecule has 0 unspecified atom stereocenters. The van der Waals surface area contributed by atoms with Gasteiger partial charge < -0.3 is 15.4 Å². The maximum Gasteiger partial charge on any atom is 0.389 e. The number of hydrogen-bond donors (Lipinski definition) is 1. The fraction of sp³-hybridized carbons (Fsp3) is 0.133. The Labute approximate surface area is 167 Å². The van der Waals surface area contributed by atoms with E-state index in [2.05, 4.69) is 15.5 Å². The molecule has 0 fully saturated rings. The van der Waals surface area contributed by atoms with Crippen LogP contribution in [0.2, 0.25) is 15.1 Å². The summed E-state index contributed by atoms with van der Waals surface area (Å²) in [4.78, 5) is 22.0. The minimum absolute atomic E-state index is 0.170. The van der Waals surface area contributed by atoms with E-state index in [9.17, 15) is 14.9 Å². The number of hydrogen-bond acceptors (Lipinski definition) is 5. The number of halogens is 3. The Kier molecular flexibility index (Phi) is 5.64. The van der Waals surface area contributed by atoms with Gasteiger partial charge in [-0.15, -0.1) is 0 Å². The molecule has 0 radical (unpaired) electrons. The van der Waals surface area contributed by atoms with Crippen LogP contribution < -0.4 is 5.32 Å². The van der Waals surface area contributed by atoms with E-state index in [1.54, 1.807) is 24.4 Å². The van der Waals surface area contributed by atoms with E-state index in [-0.39, 0.29) is 23.2 Å².